The molecule has 0 aliphatic heterocycles. The highest BCUT2D eigenvalue weighted by molar-refractivity contribution is 6.00. The van der Waals surface area contributed by atoms with Crippen molar-refractivity contribution >= 4 is 22.9 Å². The molecule has 2 aromatic rings. The van der Waals surface area contributed by atoms with E-state index in [0.29, 0.717) is 24.9 Å². The number of primary amides is 1. The van der Waals surface area contributed by atoms with Gasteiger partial charge in [0.25, 0.3) is 0 Å². The summed E-state index contributed by atoms with van der Waals surface area (Å²) in [5.74, 6) is -1.28. The Labute approximate surface area is 109 Å². The van der Waals surface area contributed by atoms with E-state index in [0.717, 1.165) is 11.9 Å². The summed E-state index contributed by atoms with van der Waals surface area (Å²) < 4.78 is 1.89. The number of nitrogens with two attached hydrogens (primary N) is 1. The second-order valence-electron chi connectivity index (χ2n) is 4.34. The van der Waals surface area contributed by atoms with Gasteiger partial charge in [0, 0.05) is 13.0 Å². The number of carbonyl (C=O) groups excluding carboxylic acids is 1. The van der Waals surface area contributed by atoms with Crippen LogP contribution in [-0.4, -0.2) is 26.5 Å². The number of unbranched alkanes of at least 4 members (excludes halogenated alkanes) is 1. The third-order valence-corrected chi connectivity index (χ3v) is 2.95. The highest BCUT2D eigenvalue weighted by Crippen LogP contribution is 2.18. The van der Waals surface area contributed by atoms with E-state index in [2.05, 4.69) is 4.98 Å². The first-order valence-electron chi connectivity index (χ1n) is 6.05. The molecular formula is C13H15N3O3. The van der Waals surface area contributed by atoms with Crippen molar-refractivity contribution in [2.24, 2.45) is 5.73 Å². The van der Waals surface area contributed by atoms with Gasteiger partial charge in [-0.2, -0.15) is 0 Å². The number of carbonyl (C=O) groups is 2. The van der Waals surface area contributed by atoms with E-state index in [1.165, 1.54) is 6.07 Å². The summed E-state index contributed by atoms with van der Waals surface area (Å²) in [6.07, 6.45) is 3.51. The van der Waals surface area contributed by atoms with E-state index in [-0.39, 0.29) is 11.5 Å². The molecule has 6 nitrogen and oxygen atoms in total. The summed E-state index contributed by atoms with van der Waals surface area (Å²) in [7, 11) is 0. The van der Waals surface area contributed by atoms with Crippen LogP contribution in [0, 0.1) is 0 Å². The fourth-order valence-corrected chi connectivity index (χ4v) is 2.02. The average molecular weight is 261 g/mol. The predicted molar refractivity (Wildman–Crippen MR) is 69.7 cm³/mol. The molecule has 0 radical (unpaired) electrons. The summed E-state index contributed by atoms with van der Waals surface area (Å²) in [6, 6.07) is 5.07. The van der Waals surface area contributed by atoms with E-state index in [1.54, 1.807) is 12.4 Å². The van der Waals surface area contributed by atoms with Gasteiger partial charge >= 0.3 is 5.97 Å². The molecule has 1 aromatic carbocycles. The van der Waals surface area contributed by atoms with Gasteiger partial charge in [0.2, 0.25) is 5.91 Å². The number of benzene rings is 1. The SMILES string of the molecule is NC(=O)CCCCn1cnc2c(C(=O)O)cccc21. The summed E-state index contributed by atoms with van der Waals surface area (Å²) in [5, 5.41) is 9.07. The van der Waals surface area contributed by atoms with Gasteiger partial charge in [0.05, 0.1) is 17.4 Å². The molecule has 19 heavy (non-hydrogen) atoms. The molecule has 6 heteroatoms. The van der Waals surface area contributed by atoms with Crippen molar-refractivity contribution in [3.05, 3.63) is 30.1 Å². The lowest BCUT2D eigenvalue weighted by Crippen LogP contribution is -2.10. The number of fused-ring (bicyclic) bond motifs is 1. The topological polar surface area (TPSA) is 98.2 Å². The minimum Gasteiger partial charge on any atom is -0.478 e. The second-order valence-corrected chi connectivity index (χ2v) is 4.34. The Balaban J connectivity index is 2.14. The quantitative estimate of drug-likeness (QED) is 0.767. The Morgan fingerprint density at radius 1 is 1.32 bits per heavy atom. The average Bonchev–Trinajstić information content (AvgIpc) is 2.77. The molecule has 0 fully saturated rings. The monoisotopic (exact) mass is 261 g/mol. The molecule has 1 heterocycles. The van der Waals surface area contributed by atoms with Crippen molar-refractivity contribution in [3.8, 4) is 0 Å². The molecule has 1 amide bonds. The molecule has 0 atom stereocenters. The first-order valence-corrected chi connectivity index (χ1v) is 6.05. The zero-order valence-corrected chi connectivity index (χ0v) is 10.4. The van der Waals surface area contributed by atoms with Crippen molar-refractivity contribution in [2.45, 2.75) is 25.8 Å². The lowest BCUT2D eigenvalue weighted by Gasteiger charge is -2.04. The fourth-order valence-electron chi connectivity index (χ4n) is 2.02. The zero-order chi connectivity index (χ0) is 13.8. The molecule has 0 bridgehead atoms. The van der Waals surface area contributed by atoms with Gasteiger partial charge in [-0.05, 0) is 25.0 Å². The molecule has 0 aliphatic rings. The van der Waals surface area contributed by atoms with E-state index in [9.17, 15) is 9.59 Å². The number of hydrogen-bond donors (Lipinski definition) is 2. The van der Waals surface area contributed by atoms with Crippen molar-refractivity contribution in [2.75, 3.05) is 0 Å². The van der Waals surface area contributed by atoms with Crippen LogP contribution in [0.5, 0.6) is 0 Å². The number of hydrogen-bond acceptors (Lipinski definition) is 3. The number of aromatic nitrogens is 2. The van der Waals surface area contributed by atoms with Crippen molar-refractivity contribution in [3.63, 3.8) is 0 Å². The Hall–Kier alpha value is -2.37. The van der Waals surface area contributed by atoms with Crippen LogP contribution in [0.2, 0.25) is 0 Å². The van der Waals surface area contributed by atoms with Crippen LogP contribution >= 0.6 is 0 Å². The van der Waals surface area contributed by atoms with Gasteiger partial charge in [0.15, 0.2) is 0 Å². The number of aryl methyl sites for hydroxylation is 1. The maximum absolute atomic E-state index is 11.1. The normalized spacial score (nSPS) is 10.7. The van der Waals surface area contributed by atoms with Crippen LogP contribution in [0.25, 0.3) is 11.0 Å². The highest BCUT2D eigenvalue weighted by atomic mass is 16.4. The highest BCUT2D eigenvalue weighted by Gasteiger charge is 2.11. The predicted octanol–water partition coefficient (Wildman–Crippen LogP) is 1.39. The van der Waals surface area contributed by atoms with Crippen LogP contribution in [-0.2, 0) is 11.3 Å². The summed E-state index contributed by atoms with van der Waals surface area (Å²) >= 11 is 0. The number of rotatable bonds is 6. The molecular weight excluding hydrogens is 246 g/mol. The maximum Gasteiger partial charge on any atom is 0.337 e. The molecule has 3 N–H and O–H groups in total. The number of nitrogens with zero attached hydrogens (tertiary/aromatic N) is 2. The summed E-state index contributed by atoms with van der Waals surface area (Å²) in [6.45, 7) is 0.687. The smallest absolute Gasteiger partial charge is 0.337 e. The lowest BCUT2D eigenvalue weighted by molar-refractivity contribution is -0.118. The van der Waals surface area contributed by atoms with Crippen molar-refractivity contribution in [1.29, 1.82) is 0 Å². The van der Waals surface area contributed by atoms with Crippen molar-refractivity contribution < 1.29 is 14.7 Å². The largest absolute Gasteiger partial charge is 0.478 e. The van der Waals surface area contributed by atoms with Crippen LogP contribution in [0.1, 0.15) is 29.6 Å². The number of carboxylic acids is 1. The molecule has 1 aromatic heterocycles. The number of carboxylic acid groups (broad SMARTS) is 1. The van der Waals surface area contributed by atoms with E-state index >= 15 is 0 Å². The molecule has 0 unspecified atom stereocenters. The first kappa shape index (κ1) is 13.1. The van der Waals surface area contributed by atoms with E-state index < -0.39 is 5.97 Å². The Morgan fingerprint density at radius 3 is 2.79 bits per heavy atom. The number of amides is 1. The minimum absolute atomic E-state index is 0.202. The molecule has 2 rings (SSSR count). The zero-order valence-electron chi connectivity index (χ0n) is 10.4. The summed E-state index contributed by atoms with van der Waals surface area (Å²) in [4.78, 5) is 25.8. The number of imidazole rings is 1. The molecule has 0 saturated heterocycles. The Morgan fingerprint density at radius 2 is 2.11 bits per heavy atom. The van der Waals surface area contributed by atoms with E-state index in [4.69, 9.17) is 10.8 Å². The second kappa shape index (κ2) is 5.51. The number of aromatic carboxylic acids is 1. The lowest BCUT2D eigenvalue weighted by atomic mass is 10.2. The maximum atomic E-state index is 11.1. The van der Waals surface area contributed by atoms with E-state index in [1.807, 2.05) is 10.6 Å². The van der Waals surface area contributed by atoms with Gasteiger partial charge in [-0.15, -0.1) is 0 Å². The van der Waals surface area contributed by atoms with Gasteiger partial charge in [-0.1, -0.05) is 6.07 Å². The Kier molecular flexibility index (Phi) is 3.79. The van der Waals surface area contributed by atoms with Gasteiger partial charge in [-0.25, -0.2) is 9.78 Å². The first-order chi connectivity index (χ1) is 9.09. The molecule has 0 saturated carbocycles. The standard InChI is InChI=1S/C13H15N3O3/c14-11(17)6-1-2-7-16-8-15-12-9(13(18)19)4-3-5-10(12)16/h3-5,8H,1-2,6-7H2,(H2,14,17)(H,18,19). The molecule has 0 spiro atoms. The molecule has 100 valence electrons. The third kappa shape index (κ3) is 2.90. The van der Waals surface area contributed by atoms with Crippen LogP contribution in [0.3, 0.4) is 0 Å². The fraction of sp³-hybridized carbons (Fsp3) is 0.308. The molecule has 0 aliphatic carbocycles. The van der Waals surface area contributed by atoms with Crippen LogP contribution in [0.15, 0.2) is 24.5 Å². The van der Waals surface area contributed by atoms with Gasteiger partial charge in [-0.3, -0.25) is 4.79 Å². The van der Waals surface area contributed by atoms with Crippen LogP contribution in [0.4, 0.5) is 0 Å². The van der Waals surface area contributed by atoms with Gasteiger partial charge < -0.3 is 15.4 Å². The third-order valence-electron chi connectivity index (χ3n) is 2.95. The van der Waals surface area contributed by atoms with Crippen molar-refractivity contribution in [1.82, 2.24) is 9.55 Å². The Bertz CT molecular complexity index is 619. The van der Waals surface area contributed by atoms with Crippen LogP contribution < -0.4 is 5.73 Å². The minimum atomic E-state index is -0.982. The van der Waals surface area contributed by atoms with Gasteiger partial charge in [0.1, 0.15) is 5.52 Å². The number of para-hydroxylation sites is 1. The summed E-state index contributed by atoms with van der Waals surface area (Å²) in [5.41, 5.74) is 6.56.